The van der Waals surface area contributed by atoms with Crippen LogP contribution < -0.4 is 10.3 Å². The van der Waals surface area contributed by atoms with Crippen molar-refractivity contribution >= 4 is 17.0 Å². The number of ether oxygens (including phenoxy) is 1. The third-order valence-electron chi connectivity index (χ3n) is 5.04. The summed E-state index contributed by atoms with van der Waals surface area (Å²) in [6, 6.07) is 7.90. The van der Waals surface area contributed by atoms with E-state index in [0.29, 0.717) is 16.6 Å². The molecule has 0 bridgehead atoms. The Hall–Kier alpha value is -3.36. The van der Waals surface area contributed by atoms with Crippen molar-refractivity contribution in [3.05, 3.63) is 58.0 Å². The minimum Gasteiger partial charge on any atom is -0.496 e. The van der Waals surface area contributed by atoms with Crippen molar-refractivity contribution in [2.24, 2.45) is 0 Å². The third kappa shape index (κ3) is 4.61. The van der Waals surface area contributed by atoms with Gasteiger partial charge in [-0.05, 0) is 35.9 Å². The normalized spacial score (nSPS) is 12.2. The van der Waals surface area contributed by atoms with E-state index in [1.807, 2.05) is 20.8 Å². The maximum Gasteiger partial charge on any atom is 0.416 e. The minimum atomic E-state index is -4.54. The lowest BCUT2D eigenvalue weighted by Gasteiger charge is -2.20. The van der Waals surface area contributed by atoms with Crippen molar-refractivity contribution in [1.29, 1.82) is 0 Å². The summed E-state index contributed by atoms with van der Waals surface area (Å²) in [6.07, 6.45) is -4.83. The molecule has 0 fully saturated rings. The molecule has 0 saturated carbocycles. The number of aromatic nitrogens is 2. The highest BCUT2D eigenvalue weighted by atomic mass is 19.4. The largest absolute Gasteiger partial charge is 0.496 e. The predicted octanol–water partition coefficient (Wildman–Crippen LogP) is 4.86. The van der Waals surface area contributed by atoms with Gasteiger partial charge in [0.05, 0.1) is 30.1 Å². The van der Waals surface area contributed by atoms with Crippen molar-refractivity contribution < 1.29 is 27.8 Å². The first kappa shape index (κ1) is 23.3. The number of methoxy groups -OCH3 is 1. The average Bonchev–Trinajstić information content (AvgIpc) is 2.70. The molecule has 0 amide bonds. The fraction of sp³-hybridized carbons (Fsp3) is 0.348. The summed E-state index contributed by atoms with van der Waals surface area (Å²) < 4.78 is 46.4. The van der Waals surface area contributed by atoms with Crippen LogP contribution in [0.15, 0.2) is 41.2 Å². The number of aryl methyl sites for hydroxylation is 1. The van der Waals surface area contributed by atoms with E-state index in [1.165, 1.54) is 23.8 Å². The maximum atomic E-state index is 13.3. The molecule has 0 saturated heterocycles. The van der Waals surface area contributed by atoms with Gasteiger partial charge in [-0.25, -0.2) is 4.98 Å². The van der Waals surface area contributed by atoms with Crippen LogP contribution in [-0.4, -0.2) is 27.7 Å². The summed E-state index contributed by atoms with van der Waals surface area (Å²) in [6.45, 7) is 5.38. The van der Waals surface area contributed by atoms with E-state index in [4.69, 9.17) is 9.84 Å². The monoisotopic (exact) mass is 448 g/mol. The van der Waals surface area contributed by atoms with Crippen molar-refractivity contribution in [2.75, 3.05) is 7.11 Å². The van der Waals surface area contributed by atoms with Crippen molar-refractivity contribution in [3.63, 3.8) is 0 Å². The number of hydrogen-bond acceptors (Lipinski definition) is 4. The third-order valence-corrected chi connectivity index (χ3v) is 5.04. The second-order valence-electron chi connectivity index (χ2n) is 8.43. The van der Waals surface area contributed by atoms with Crippen LogP contribution in [0.3, 0.4) is 0 Å². The number of halogens is 3. The van der Waals surface area contributed by atoms with E-state index in [2.05, 4.69) is 4.98 Å². The zero-order valence-electron chi connectivity index (χ0n) is 18.1. The van der Waals surface area contributed by atoms with Gasteiger partial charge in [-0.3, -0.25) is 9.59 Å². The fourth-order valence-corrected chi connectivity index (χ4v) is 3.44. The second kappa shape index (κ2) is 8.29. The predicted molar refractivity (Wildman–Crippen MR) is 114 cm³/mol. The summed E-state index contributed by atoms with van der Waals surface area (Å²) >= 11 is 0. The zero-order valence-corrected chi connectivity index (χ0v) is 18.1. The zero-order chi connectivity index (χ0) is 23.8. The van der Waals surface area contributed by atoms with Crippen LogP contribution in [0.25, 0.3) is 22.2 Å². The van der Waals surface area contributed by atoms with E-state index in [-0.39, 0.29) is 30.0 Å². The highest BCUT2D eigenvalue weighted by Crippen LogP contribution is 2.38. The molecule has 0 radical (unpaired) electrons. The van der Waals surface area contributed by atoms with Gasteiger partial charge in [0.1, 0.15) is 11.4 Å². The van der Waals surface area contributed by atoms with Gasteiger partial charge in [0.25, 0.3) is 5.56 Å². The average molecular weight is 448 g/mol. The Morgan fingerprint density at radius 3 is 2.38 bits per heavy atom. The molecule has 0 aliphatic carbocycles. The lowest BCUT2D eigenvalue weighted by Crippen LogP contribution is -2.33. The second-order valence-corrected chi connectivity index (χ2v) is 8.43. The van der Waals surface area contributed by atoms with Gasteiger partial charge >= 0.3 is 12.1 Å². The summed E-state index contributed by atoms with van der Waals surface area (Å²) in [5, 5.41) is 9.12. The number of nitrogens with zero attached hydrogens (tertiary/aromatic N) is 2. The molecule has 9 heteroatoms. The number of fused-ring (bicyclic) bond motifs is 1. The topological polar surface area (TPSA) is 81.4 Å². The highest BCUT2D eigenvalue weighted by Gasteiger charge is 2.31. The first-order chi connectivity index (χ1) is 14.8. The van der Waals surface area contributed by atoms with Gasteiger partial charge in [-0.1, -0.05) is 26.8 Å². The Kier molecular flexibility index (Phi) is 6.04. The SMILES string of the molecule is COc1ccc(C(F)(F)F)cc1-c1ccc2nc(C(C)(C)C)c(=O)n(CCC(=O)O)c2c1. The molecule has 1 aromatic heterocycles. The molecule has 6 nitrogen and oxygen atoms in total. The number of carboxylic acids is 1. The summed E-state index contributed by atoms with van der Waals surface area (Å²) in [4.78, 5) is 28.8. The molecule has 1 heterocycles. The van der Waals surface area contributed by atoms with Gasteiger partial charge in [-0.2, -0.15) is 13.2 Å². The van der Waals surface area contributed by atoms with Crippen LogP contribution in [0.1, 0.15) is 38.4 Å². The Balaban J connectivity index is 2.30. The Bertz CT molecular complexity index is 1240. The van der Waals surface area contributed by atoms with E-state index >= 15 is 0 Å². The number of carboxylic acid groups (broad SMARTS) is 1. The van der Waals surface area contributed by atoms with Crippen molar-refractivity contribution in [3.8, 4) is 16.9 Å². The van der Waals surface area contributed by atoms with Gasteiger partial charge in [0, 0.05) is 17.5 Å². The van der Waals surface area contributed by atoms with Crippen LogP contribution in [0.5, 0.6) is 5.75 Å². The van der Waals surface area contributed by atoms with Crippen molar-refractivity contribution in [1.82, 2.24) is 9.55 Å². The molecule has 0 unspecified atom stereocenters. The Morgan fingerprint density at radius 2 is 1.81 bits per heavy atom. The smallest absolute Gasteiger partial charge is 0.416 e. The van der Waals surface area contributed by atoms with Crippen LogP contribution in [-0.2, 0) is 22.9 Å². The molecule has 3 aromatic rings. The summed E-state index contributed by atoms with van der Waals surface area (Å²) in [5.74, 6) is -0.842. The Morgan fingerprint density at radius 1 is 1.12 bits per heavy atom. The van der Waals surface area contributed by atoms with Crippen LogP contribution in [0, 0.1) is 0 Å². The number of rotatable bonds is 5. The van der Waals surface area contributed by atoms with Gasteiger partial charge in [-0.15, -0.1) is 0 Å². The highest BCUT2D eigenvalue weighted by molar-refractivity contribution is 5.84. The summed E-state index contributed by atoms with van der Waals surface area (Å²) in [5.41, 5.74) is -0.220. The Labute approximate surface area is 182 Å². The van der Waals surface area contributed by atoms with Crippen LogP contribution >= 0.6 is 0 Å². The molecule has 170 valence electrons. The molecule has 0 atom stereocenters. The molecule has 0 spiro atoms. The fourth-order valence-electron chi connectivity index (χ4n) is 3.44. The quantitative estimate of drug-likeness (QED) is 0.603. The maximum absolute atomic E-state index is 13.3. The van der Waals surface area contributed by atoms with Crippen LogP contribution in [0.2, 0.25) is 0 Å². The first-order valence-electron chi connectivity index (χ1n) is 9.85. The van der Waals surface area contributed by atoms with Crippen molar-refractivity contribution in [2.45, 2.75) is 45.3 Å². The number of carbonyl (C=O) groups is 1. The molecular weight excluding hydrogens is 425 g/mol. The van der Waals surface area contributed by atoms with Crippen LogP contribution in [0.4, 0.5) is 13.2 Å². The van der Waals surface area contributed by atoms with E-state index in [9.17, 15) is 22.8 Å². The summed E-state index contributed by atoms with van der Waals surface area (Å²) in [7, 11) is 1.35. The standard InChI is InChI=1S/C23H23F3N2O4/c1-22(2,3)20-21(31)28(10-9-19(29)30)17-11-13(5-7-16(17)27-20)15-12-14(23(24,25)26)6-8-18(15)32-4/h5-8,11-12H,9-10H2,1-4H3,(H,29,30). The van der Waals surface area contributed by atoms with E-state index in [0.717, 1.165) is 12.1 Å². The molecular formula is C23H23F3N2O4. The van der Waals surface area contributed by atoms with Gasteiger partial charge < -0.3 is 14.4 Å². The molecule has 32 heavy (non-hydrogen) atoms. The molecule has 0 aliphatic heterocycles. The minimum absolute atomic E-state index is 0.0978. The molecule has 3 rings (SSSR count). The lowest BCUT2D eigenvalue weighted by atomic mass is 9.92. The number of alkyl halides is 3. The lowest BCUT2D eigenvalue weighted by molar-refractivity contribution is -0.138. The first-order valence-corrected chi connectivity index (χ1v) is 9.85. The van der Waals surface area contributed by atoms with E-state index in [1.54, 1.807) is 12.1 Å². The van der Waals surface area contributed by atoms with Gasteiger partial charge in [0.15, 0.2) is 0 Å². The number of aliphatic carboxylic acids is 1. The molecule has 2 aromatic carbocycles. The number of benzene rings is 2. The van der Waals surface area contributed by atoms with Gasteiger partial charge in [0.2, 0.25) is 0 Å². The number of hydrogen-bond donors (Lipinski definition) is 1. The molecule has 0 aliphatic rings. The molecule has 1 N–H and O–H groups in total. The van der Waals surface area contributed by atoms with E-state index < -0.39 is 28.7 Å².